The van der Waals surface area contributed by atoms with Crippen LogP contribution in [0.25, 0.3) is 5.65 Å². The Kier molecular flexibility index (Phi) is 9.30. The molecule has 0 saturated carbocycles. The standard InChI is InChI=1S/C21H19Cl2F3N4O.2ClH/c22-13-6-4-7-14(23)17(13)20(31)27-15-8-5-11-30-16(12-29-9-2-1-3-10-29)18(21(24,25)26)28-19(15)30;;/h4-8,11H,1-3,9-10,12H2,(H,27,31);2*1H. The minimum atomic E-state index is -4.62. The van der Waals surface area contributed by atoms with Gasteiger partial charge >= 0.3 is 6.18 Å². The predicted octanol–water partition coefficient (Wildman–Crippen LogP) is 6.74. The van der Waals surface area contributed by atoms with Crippen molar-refractivity contribution in [3.05, 3.63) is 63.5 Å². The number of aromatic nitrogens is 2. The molecule has 0 radical (unpaired) electrons. The van der Waals surface area contributed by atoms with Crippen LogP contribution in [0.3, 0.4) is 0 Å². The number of hydrogen-bond acceptors (Lipinski definition) is 3. The van der Waals surface area contributed by atoms with Gasteiger partial charge in [-0.15, -0.1) is 24.8 Å². The number of hydrogen-bond donors (Lipinski definition) is 1. The van der Waals surface area contributed by atoms with Crippen molar-refractivity contribution in [2.24, 2.45) is 0 Å². The third-order valence-corrected chi connectivity index (χ3v) is 5.91. The van der Waals surface area contributed by atoms with Gasteiger partial charge in [0.1, 0.15) is 0 Å². The van der Waals surface area contributed by atoms with Gasteiger partial charge in [-0.3, -0.25) is 9.69 Å². The number of pyridine rings is 1. The molecule has 1 saturated heterocycles. The van der Waals surface area contributed by atoms with E-state index in [-0.39, 0.29) is 64.0 Å². The van der Waals surface area contributed by atoms with Crippen molar-refractivity contribution in [3.8, 4) is 0 Å². The third-order valence-electron chi connectivity index (χ3n) is 5.28. The minimum absolute atomic E-state index is 0. The second-order valence-electron chi connectivity index (χ2n) is 7.41. The first kappa shape index (κ1) is 27.5. The van der Waals surface area contributed by atoms with Crippen LogP contribution in [0.4, 0.5) is 18.9 Å². The monoisotopic (exact) mass is 542 g/mol. The van der Waals surface area contributed by atoms with E-state index in [2.05, 4.69) is 10.3 Å². The minimum Gasteiger partial charge on any atom is -0.319 e. The second-order valence-corrected chi connectivity index (χ2v) is 8.22. The SMILES string of the molecule is Cl.Cl.O=C(Nc1cccn2c(CN3CCCCC3)c(C(F)(F)F)nc12)c1c(Cl)cccc1Cl. The van der Waals surface area contributed by atoms with Crippen LogP contribution in [0.5, 0.6) is 0 Å². The van der Waals surface area contributed by atoms with E-state index in [4.69, 9.17) is 23.2 Å². The van der Waals surface area contributed by atoms with Gasteiger partial charge < -0.3 is 9.72 Å². The van der Waals surface area contributed by atoms with Gasteiger partial charge in [-0.1, -0.05) is 35.7 Å². The Morgan fingerprint density at radius 3 is 2.27 bits per heavy atom. The van der Waals surface area contributed by atoms with Crippen LogP contribution in [-0.2, 0) is 12.7 Å². The van der Waals surface area contributed by atoms with Crippen molar-refractivity contribution in [1.82, 2.24) is 14.3 Å². The molecule has 33 heavy (non-hydrogen) atoms. The number of nitrogens with one attached hydrogen (secondary N) is 1. The molecule has 1 amide bonds. The molecular weight excluding hydrogens is 523 g/mol. The highest BCUT2D eigenvalue weighted by atomic mass is 35.5. The molecule has 2 aromatic heterocycles. The Bertz CT molecular complexity index is 1110. The van der Waals surface area contributed by atoms with Gasteiger partial charge in [0, 0.05) is 12.7 Å². The van der Waals surface area contributed by atoms with Crippen LogP contribution in [0, 0.1) is 0 Å². The van der Waals surface area contributed by atoms with E-state index in [1.54, 1.807) is 12.1 Å². The molecule has 3 heterocycles. The van der Waals surface area contributed by atoms with Gasteiger partial charge in [0.25, 0.3) is 5.91 Å². The number of carbonyl (C=O) groups excluding carboxylic acids is 1. The zero-order valence-electron chi connectivity index (χ0n) is 17.2. The number of carbonyl (C=O) groups is 1. The van der Waals surface area contributed by atoms with Crippen molar-refractivity contribution in [1.29, 1.82) is 0 Å². The van der Waals surface area contributed by atoms with E-state index in [9.17, 15) is 18.0 Å². The van der Waals surface area contributed by atoms with Crippen LogP contribution in [0.2, 0.25) is 10.0 Å². The lowest BCUT2D eigenvalue weighted by molar-refractivity contribution is -0.141. The summed E-state index contributed by atoms with van der Waals surface area (Å²) in [7, 11) is 0. The molecule has 1 aliphatic heterocycles. The van der Waals surface area contributed by atoms with E-state index >= 15 is 0 Å². The van der Waals surface area contributed by atoms with E-state index in [1.807, 2.05) is 4.90 Å². The van der Waals surface area contributed by atoms with Gasteiger partial charge in [-0.25, -0.2) is 4.98 Å². The van der Waals surface area contributed by atoms with Crippen molar-refractivity contribution in [2.75, 3.05) is 18.4 Å². The van der Waals surface area contributed by atoms with Crippen molar-refractivity contribution < 1.29 is 18.0 Å². The maximum atomic E-state index is 13.8. The summed E-state index contributed by atoms with van der Waals surface area (Å²) in [6.45, 7) is 1.61. The van der Waals surface area contributed by atoms with Crippen molar-refractivity contribution >= 4 is 65.3 Å². The summed E-state index contributed by atoms with van der Waals surface area (Å²) in [6.07, 6.45) is -0.105. The third kappa shape index (κ3) is 5.87. The Balaban J connectivity index is 0.00000193. The van der Waals surface area contributed by atoms with Crippen LogP contribution >= 0.6 is 48.0 Å². The number of benzene rings is 1. The molecule has 0 spiro atoms. The van der Waals surface area contributed by atoms with E-state index in [0.717, 1.165) is 32.4 Å². The van der Waals surface area contributed by atoms with E-state index < -0.39 is 17.8 Å². The molecule has 0 bridgehead atoms. The normalized spacial score (nSPS) is 14.5. The zero-order valence-corrected chi connectivity index (χ0v) is 20.3. The highest BCUT2D eigenvalue weighted by molar-refractivity contribution is 6.40. The maximum absolute atomic E-state index is 13.8. The van der Waals surface area contributed by atoms with Gasteiger partial charge in [0.15, 0.2) is 11.3 Å². The average Bonchev–Trinajstić information content (AvgIpc) is 3.09. The number of imidazole rings is 1. The summed E-state index contributed by atoms with van der Waals surface area (Å²) in [4.78, 5) is 18.6. The Hall–Kier alpha value is -1.71. The first-order valence-electron chi connectivity index (χ1n) is 9.80. The first-order valence-corrected chi connectivity index (χ1v) is 10.6. The van der Waals surface area contributed by atoms with Crippen molar-refractivity contribution in [3.63, 3.8) is 0 Å². The molecule has 4 rings (SSSR count). The number of likely N-dealkylation sites (tertiary alicyclic amines) is 1. The number of alkyl halides is 3. The molecule has 5 nitrogen and oxygen atoms in total. The molecular formula is C21H21Cl4F3N4O. The lowest BCUT2D eigenvalue weighted by atomic mass is 10.1. The number of halogens is 7. The summed E-state index contributed by atoms with van der Waals surface area (Å²) < 4.78 is 42.8. The molecule has 0 unspecified atom stereocenters. The molecule has 0 atom stereocenters. The summed E-state index contributed by atoms with van der Waals surface area (Å²) in [5.41, 5.74) is -0.701. The molecule has 1 fully saturated rings. The highest BCUT2D eigenvalue weighted by Crippen LogP contribution is 2.35. The first-order chi connectivity index (χ1) is 14.8. The lowest BCUT2D eigenvalue weighted by Crippen LogP contribution is -2.30. The lowest BCUT2D eigenvalue weighted by Gasteiger charge is -2.26. The summed E-state index contributed by atoms with van der Waals surface area (Å²) in [5, 5.41) is 2.89. The molecule has 3 aromatic rings. The van der Waals surface area contributed by atoms with Gasteiger partial charge in [0.2, 0.25) is 0 Å². The quantitative estimate of drug-likeness (QED) is 0.396. The largest absolute Gasteiger partial charge is 0.435 e. The summed E-state index contributed by atoms with van der Waals surface area (Å²) in [6, 6.07) is 7.68. The molecule has 1 aliphatic rings. The van der Waals surface area contributed by atoms with E-state index in [1.165, 1.54) is 28.8 Å². The summed E-state index contributed by atoms with van der Waals surface area (Å²) >= 11 is 12.2. The van der Waals surface area contributed by atoms with Crippen LogP contribution < -0.4 is 5.32 Å². The number of rotatable bonds is 4. The number of fused-ring (bicyclic) bond motifs is 1. The van der Waals surface area contributed by atoms with Gasteiger partial charge in [-0.2, -0.15) is 13.2 Å². The van der Waals surface area contributed by atoms with Gasteiger partial charge in [0.05, 0.1) is 27.0 Å². The summed E-state index contributed by atoms with van der Waals surface area (Å²) in [5.74, 6) is -0.627. The molecule has 180 valence electrons. The molecule has 1 aromatic carbocycles. The fourth-order valence-corrected chi connectivity index (χ4v) is 4.39. The number of amides is 1. The van der Waals surface area contributed by atoms with Crippen LogP contribution in [0.15, 0.2) is 36.5 Å². The fourth-order valence-electron chi connectivity index (χ4n) is 3.82. The molecule has 12 heteroatoms. The Labute approximate surface area is 211 Å². The smallest absolute Gasteiger partial charge is 0.319 e. The average molecular weight is 544 g/mol. The van der Waals surface area contributed by atoms with E-state index in [0.29, 0.717) is 0 Å². The topological polar surface area (TPSA) is 49.6 Å². The zero-order chi connectivity index (χ0) is 22.2. The van der Waals surface area contributed by atoms with Crippen molar-refractivity contribution in [2.45, 2.75) is 32.0 Å². The number of anilines is 1. The van der Waals surface area contributed by atoms with Crippen LogP contribution in [-0.4, -0.2) is 33.3 Å². The highest BCUT2D eigenvalue weighted by Gasteiger charge is 2.38. The van der Waals surface area contributed by atoms with Crippen LogP contribution in [0.1, 0.15) is 41.0 Å². The number of piperidine rings is 1. The molecule has 1 N–H and O–H groups in total. The predicted molar refractivity (Wildman–Crippen MR) is 128 cm³/mol. The fraction of sp³-hybridized carbons (Fsp3) is 0.333. The Morgan fingerprint density at radius 1 is 1.03 bits per heavy atom. The number of nitrogens with zero attached hydrogens (tertiary/aromatic N) is 3. The molecule has 0 aliphatic carbocycles. The maximum Gasteiger partial charge on any atom is 0.435 e. The van der Waals surface area contributed by atoms with Gasteiger partial charge in [-0.05, 0) is 50.2 Å². The Morgan fingerprint density at radius 2 is 1.67 bits per heavy atom. The second kappa shape index (κ2) is 11.1.